The molecule has 0 saturated carbocycles. The predicted octanol–water partition coefficient (Wildman–Crippen LogP) is 1.16. The predicted molar refractivity (Wildman–Crippen MR) is 111 cm³/mol. The Bertz CT molecular complexity index is 1000. The molecule has 0 radical (unpaired) electrons. The van der Waals surface area contributed by atoms with Gasteiger partial charge in [-0.05, 0) is 36.3 Å². The van der Waals surface area contributed by atoms with E-state index in [0.717, 1.165) is 18.4 Å². The lowest BCUT2D eigenvalue weighted by Crippen LogP contribution is -2.43. The third kappa shape index (κ3) is 3.96. The van der Waals surface area contributed by atoms with Crippen LogP contribution in [0.1, 0.15) is 25.3 Å². The highest BCUT2D eigenvalue weighted by atomic mass is 32.1. The summed E-state index contributed by atoms with van der Waals surface area (Å²) in [5.41, 5.74) is 6.09. The van der Waals surface area contributed by atoms with Crippen LogP contribution in [0.25, 0.3) is 0 Å². The van der Waals surface area contributed by atoms with Gasteiger partial charge in [0.2, 0.25) is 6.79 Å². The minimum atomic E-state index is -0.579. The Hall–Kier alpha value is -3.01. The Balaban J connectivity index is 1.75. The van der Waals surface area contributed by atoms with Gasteiger partial charge in [0.1, 0.15) is 11.5 Å². The van der Waals surface area contributed by atoms with Gasteiger partial charge < -0.3 is 25.4 Å². The van der Waals surface area contributed by atoms with Gasteiger partial charge >= 0.3 is 5.69 Å². The summed E-state index contributed by atoms with van der Waals surface area (Å²) in [5, 5.41) is 3.39. The maximum absolute atomic E-state index is 12.3. The number of ether oxygens (including phenoxy) is 2. The lowest BCUT2D eigenvalue weighted by Gasteiger charge is -2.23. The van der Waals surface area contributed by atoms with E-state index in [2.05, 4.69) is 10.3 Å². The molecule has 1 aliphatic rings. The van der Waals surface area contributed by atoms with Gasteiger partial charge in [0, 0.05) is 20.1 Å². The summed E-state index contributed by atoms with van der Waals surface area (Å²) in [7, 11) is 1.63. The first-order valence-corrected chi connectivity index (χ1v) is 9.36. The van der Waals surface area contributed by atoms with Crippen molar-refractivity contribution in [1.29, 1.82) is 0 Å². The number of nitrogens with two attached hydrogens (primary N) is 1. The normalized spacial score (nSPS) is 12.1. The van der Waals surface area contributed by atoms with E-state index < -0.39 is 11.2 Å². The van der Waals surface area contributed by atoms with E-state index in [4.69, 9.17) is 27.4 Å². The Kier molecular flexibility index (Phi) is 5.88. The number of hydrogen-bond donors (Lipinski definition) is 3. The first-order valence-electron chi connectivity index (χ1n) is 8.95. The fourth-order valence-corrected chi connectivity index (χ4v) is 3.05. The van der Waals surface area contributed by atoms with Crippen molar-refractivity contribution in [2.24, 2.45) is 0 Å². The number of unbranched alkanes of at least 4 members (excludes halogenated alkanes) is 1. The molecule has 0 aliphatic carbocycles. The quantitative estimate of drug-likeness (QED) is 0.614. The fourth-order valence-electron chi connectivity index (χ4n) is 2.89. The number of hydrogen-bond acceptors (Lipinski definition) is 6. The van der Waals surface area contributed by atoms with E-state index in [1.54, 1.807) is 7.05 Å². The summed E-state index contributed by atoms with van der Waals surface area (Å²) >= 11 is 5.40. The molecule has 10 heteroatoms. The number of nitrogens with zero attached hydrogens (tertiary/aromatic N) is 2. The van der Waals surface area contributed by atoms with Crippen molar-refractivity contribution in [2.45, 2.75) is 32.9 Å². The van der Waals surface area contributed by atoms with Crippen molar-refractivity contribution in [3.63, 3.8) is 0 Å². The van der Waals surface area contributed by atoms with E-state index in [0.29, 0.717) is 29.7 Å². The molecule has 2 aromatic rings. The van der Waals surface area contributed by atoms with Gasteiger partial charge in [0.15, 0.2) is 16.6 Å². The molecule has 1 aromatic heterocycles. The number of anilines is 2. The summed E-state index contributed by atoms with van der Waals surface area (Å²) in [6, 6.07) is 5.59. The lowest BCUT2D eigenvalue weighted by molar-refractivity contribution is 0.174. The maximum atomic E-state index is 12.3. The van der Waals surface area contributed by atoms with Crippen molar-refractivity contribution >= 4 is 28.8 Å². The number of thiocarbonyl (C=S) groups is 1. The van der Waals surface area contributed by atoms with Crippen LogP contribution < -0.4 is 36.7 Å². The largest absolute Gasteiger partial charge is 0.454 e. The second-order valence-electron chi connectivity index (χ2n) is 6.40. The van der Waals surface area contributed by atoms with Crippen molar-refractivity contribution in [1.82, 2.24) is 14.9 Å². The van der Waals surface area contributed by atoms with Crippen molar-refractivity contribution in [3.8, 4) is 11.5 Å². The van der Waals surface area contributed by atoms with E-state index in [-0.39, 0.29) is 18.3 Å². The topological polar surface area (TPSA) is 115 Å². The fraction of sp³-hybridized carbons (Fsp3) is 0.389. The van der Waals surface area contributed by atoms with Gasteiger partial charge in [-0.25, -0.2) is 4.79 Å². The SMILES string of the molecule is CCCCn1c(N)c(N(C)C(=S)NCc2ccc3c(c2)OCO3)c(=O)[nH]c1=O. The molecule has 3 rings (SSSR count). The molecular weight excluding hydrogens is 382 g/mol. The summed E-state index contributed by atoms with van der Waals surface area (Å²) in [6.07, 6.45) is 1.66. The zero-order chi connectivity index (χ0) is 20.3. The molecule has 0 spiro atoms. The van der Waals surface area contributed by atoms with Gasteiger partial charge in [-0.1, -0.05) is 19.4 Å². The number of nitrogens with one attached hydrogen (secondary N) is 2. The molecule has 1 aromatic carbocycles. The highest BCUT2D eigenvalue weighted by Crippen LogP contribution is 2.32. The zero-order valence-corrected chi connectivity index (χ0v) is 16.6. The first kappa shape index (κ1) is 19.7. The summed E-state index contributed by atoms with van der Waals surface area (Å²) in [4.78, 5) is 28.2. The van der Waals surface area contributed by atoms with Crippen LogP contribution in [0.5, 0.6) is 11.5 Å². The molecule has 0 atom stereocenters. The van der Waals surface area contributed by atoms with Crippen LogP contribution in [0.4, 0.5) is 11.5 Å². The number of fused-ring (bicyclic) bond motifs is 1. The monoisotopic (exact) mass is 405 g/mol. The number of benzene rings is 1. The number of aromatic nitrogens is 2. The Morgan fingerprint density at radius 3 is 2.86 bits per heavy atom. The summed E-state index contributed by atoms with van der Waals surface area (Å²) in [6.45, 7) is 3.07. The van der Waals surface area contributed by atoms with Crippen LogP contribution in [0.15, 0.2) is 27.8 Å². The second kappa shape index (κ2) is 8.34. The van der Waals surface area contributed by atoms with Crippen LogP contribution >= 0.6 is 12.2 Å². The highest BCUT2D eigenvalue weighted by Gasteiger charge is 2.19. The van der Waals surface area contributed by atoms with Gasteiger partial charge in [0.25, 0.3) is 5.56 Å². The summed E-state index contributed by atoms with van der Waals surface area (Å²) < 4.78 is 12.0. The Morgan fingerprint density at radius 1 is 1.36 bits per heavy atom. The zero-order valence-electron chi connectivity index (χ0n) is 15.8. The van der Waals surface area contributed by atoms with Crippen LogP contribution in [-0.2, 0) is 13.1 Å². The third-order valence-electron chi connectivity index (χ3n) is 4.47. The molecule has 0 amide bonds. The molecule has 4 N–H and O–H groups in total. The van der Waals surface area contributed by atoms with E-state index in [1.165, 1.54) is 9.47 Å². The molecule has 0 saturated heterocycles. The number of rotatable bonds is 6. The van der Waals surface area contributed by atoms with Crippen molar-refractivity contribution in [3.05, 3.63) is 44.6 Å². The van der Waals surface area contributed by atoms with Crippen molar-refractivity contribution < 1.29 is 9.47 Å². The average Bonchev–Trinajstić information content (AvgIpc) is 3.13. The molecule has 0 unspecified atom stereocenters. The van der Waals surface area contributed by atoms with Crippen LogP contribution in [-0.4, -0.2) is 28.5 Å². The van der Waals surface area contributed by atoms with E-state index in [1.807, 2.05) is 25.1 Å². The van der Waals surface area contributed by atoms with E-state index >= 15 is 0 Å². The molecule has 0 bridgehead atoms. The van der Waals surface area contributed by atoms with Gasteiger partial charge in [-0.15, -0.1) is 0 Å². The number of aromatic amines is 1. The lowest BCUT2D eigenvalue weighted by atomic mass is 10.2. The highest BCUT2D eigenvalue weighted by molar-refractivity contribution is 7.80. The molecule has 9 nitrogen and oxygen atoms in total. The average molecular weight is 405 g/mol. The van der Waals surface area contributed by atoms with E-state index in [9.17, 15) is 9.59 Å². The van der Waals surface area contributed by atoms with Gasteiger partial charge in [-0.3, -0.25) is 14.3 Å². The Labute approximate surface area is 167 Å². The first-order chi connectivity index (χ1) is 13.4. The molecule has 2 heterocycles. The molecular formula is C18H23N5O4S. The van der Waals surface area contributed by atoms with Gasteiger partial charge in [-0.2, -0.15) is 0 Å². The smallest absolute Gasteiger partial charge is 0.330 e. The second-order valence-corrected chi connectivity index (χ2v) is 6.79. The van der Waals surface area contributed by atoms with Crippen LogP contribution in [0, 0.1) is 0 Å². The van der Waals surface area contributed by atoms with Gasteiger partial charge in [0.05, 0.1) is 0 Å². The minimum Gasteiger partial charge on any atom is -0.454 e. The maximum Gasteiger partial charge on any atom is 0.330 e. The minimum absolute atomic E-state index is 0.0944. The Morgan fingerprint density at radius 2 is 2.11 bits per heavy atom. The molecule has 1 aliphatic heterocycles. The molecule has 28 heavy (non-hydrogen) atoms. The third-order valence-corrected chi connectivity index (χ3v) is 4.89. The van der Waals surface area contributed by atoms with Crippen LogP contribution in [0.3, 0.4) is 0 Å². The number of H-pyrrole nitrogens is 1. The number of nitrogen functional groups attached to an aromatic ring is 1. The van der Waals surface area contributed by atoms with Crippen molar-refractivity contribution in [2.75, 3.05) is 24.5 Å². The molecule has 150 valence electrons. The molecule has 0 fully saturated rings. The summed E-state index contributed by atoms with van der Waals surface area (Å²) in [5.74, 6) is 1.48. The van der Waals surface area contributed by atoms with Crippen LogP contribution in [0.2, 0.25) is 0 Å². The standard InChI is InChI=1S/C18H23N5O4S/c1-3-4-7-23-15(19)14(16(24)21-17(23)25)22(2)18(28)20-9-11-5-6-12-13(8-11)27-10-26-12/h5-6,8H,3-4,7,9-10,19H2,1-2H3,(H,20,28)(H,21,24,25).